The molecule has 1 aromatic rings. The molecule has 0 saturated carbocycles. The van der Waals surface area contributed by atoms with Gasteiger partial charge in [0.1, 0.15) is 5.60 Å². The maximum absolute atomic E-state index is 12.0. The summed E-state index contributed by atoms with van der Waals surface area (Å²) in [7, 11) is 1.37. The number of carbonyl (C=O) groups excluding carboxylic acids is 1. The van der Waals surface area contributed by atoms with Gasteiger partial charge in [0.15, 0.2) is 11.5 Å². The maximum atomic E-state index is 12.0. The number of hydrogen-bond acceptors (Lipinski definition) is 6. The summed E-state index contributed by atoms with van der Waals surface area (Å²) in [6.07, 6.45) is 1.46. The van der Waals surface area contributed by atoms with Crippen molar-refractivity contribution in [3.63, 3.8) is 0 Å². The second kappa shape index (κ2) is 6.49. The molecule has 0 fully saturated rings. The first-order valence-electron chi connectivity index (χ1n) is 7.39. The van der Waals surface area contributed by atoms with E-state index in [0.717, 1.165) is 30.6 Å². The first-order valence-corrected chi connectivity index (χ1v) is 7.39. The number of aromatic nitrogens is 2. The van der Waals surface area contributed by atoms with Gasteiger partial charge in [0.2, 0.25) is 0 Å². The molecule has 0 radical (unpaired) electrons. The monoisotopic (exact) mass is 293 g/mol. The standard InChI is InChI=1S/C15H23N3O3/c1-5-15(3,21-6-2)14-17-11-9-16-8-7-10(11)12(18-14)13(19)20-4/h16H,5-9H2,1-4H3. The number of hydrogen-bond donors (Lipinski definition) is 1. The van der Waals surface area contributed by atoms with Crippen LogP contribution in [-0.4, -0.2) is 36.2 Å². The molecular weight excluding hydrogens is 270 g/mol. The molecule has 1 atom stereocenters. The van der Waals surface area contributed by atoms with Crippen molar-refractivity contribution in [1.29, 1.82) is 0 Å². The molecule has 2 heterocycles. The van der Waals surface area contributed by atoms with Gasteiger partial charge in [-0.25, -0.2) is 14.8 Å². The molecule has 0 bridgehead atoms. The van der Waals surface area contributed by atoms with E-state index >= 15 is 0 Å². The van der Waals surface area contributed by atoms with Crippen LogP contribution in [0, 0.1) is 0 Å². The SMILES string of the molecule is CCOC(C)(CC)c1nc2c(c(C(=O)OC)n1)CCNC2. The van der Waals surface area contributed by atoms with E-state index < -0.39 is 11.6 Å². The highest BCUT2D eigenvalue weighted by Gasteiger charge is 2.32. The molecule has 2 rings (SSSR count). The zero-order chi connectivity index (χ0) is 15.5. The molecule has 116 valence electrons. The van der Waals surface area contributed by atoms with Crippen LogP contribution in [0.4, 0.5) is 0 Å². The smallest absolute Gasteiger partial charge is 0.357 e. The third-order valence-corrected chi connectivity index (χ3v) is 3.93. The van der Waals surface area contributed by atoms with Gasteiger partial charge in [0, 0.05) is 18.7 Å². The topological polar surface area (TPSA) is 73.3 Å². The minimum absolute atomic E-state index is 0.373. The van der Waals surface area contributed by atoms with E-state index in [1.807, 2.05) is 20.8 Å². The van der Waals surface area contributed by atoms with E-state index in [1.165, 1.54) is 7.11 Å². The van der Waals surface area contributed by atoms with Crippen molar-refractivity contribution in [2.45, 2.75) is 45.8 Å². The van der Waals surface area contributed by atoms with Gasteiger partial charge in [-0.1, -0.05) is 6.92 Å². The van der Waals surface area contributed by atoms with Crippen molar-refractivity contribution in [2.75, 3.05) is 20.3 Å². The minimum atomic E-state index is -0.593. The lowest BCUT2D eigenvalue weighted by atomic mass is 9.99. The zero-order valence-electron chi connectivity index (χ0n) is 13.2. The minimum Gasteiger partial charge on any atom is -0.464 e. The van der Waals surface area contributed by atoms with Gasteiger partial charge in [-0.2, -0.15) is 0 Å². The molecule has 6 nitrogen and oxygen atoms in total. The van der Waals surface area contributed by atoms with Gasteiger partial charge in [-0.15, -0.1) is 0 Å². The van der Waals surface area contributed by atoms with Gasteiger partial charge in [0.25, 0.3) is 0 Å². The van der Waals surface area contributed by atoms with Crippen molar-refractivity contribution in [2.24, 2.45) is 0 Å². The second-order valence-corrected chi connectivity index (χ2v) is 5.26. The van der Waals surface area contributed by atoms with Crippen molar-refractivity contribution in [1.82, 2.24) is 15.3 Å². The maximum Gasteiger partial charge on any atom is 0.357 e. The number of nitrogens with zero attached hydrogens (tertiary/aromatic N) is 2. The van der Waals surface area contributed by atoms with Crippen LogP contribution in [0.15, 0.2) is 0 Å². The first-order chi connectivity index (χ1) is 10.1. The second-order valence-electron chi connectivity index (χ2n) is 5.26. The molecule has 1 aliphatic heterocycles. The number of fused-ring (bicyclic) bond motifs is 1. The Morgan fingerprint density at radius 1 is 1.38 bits per heavy atom. The largest absolute Gasteiger partial charge is 0.464 e. The summed E-state index contributed by atoms with van der Waals surface area (Å²) in [4.78, 5) is 21.2. The lowest BCUT2D eigenvalue weighted by molar-refractivity contribution is -0.0394. The summed E-state index contributed by atoms with van der Waals surface area (Å²) in [6, 6.07) is 0. The lowest BCUT2D eigenvalue weighted by Crippen LogP contribution is -2.33. The average molecular weight is 293 g/mol. The number of methoxy groups -OCH3 is 1. The van der Waals surface area contributed by atoms with E-state index in [4.69, 9.17) is 9.47 Å². The number of rotatable bonds is 5. The highest BCUT2D eigenvalue weighted by molar-refractivity contribution is 5.89. The number of esters is 1. The molecule has 0 aliphatic carbocycles. The molecule has 0 amide bonds. The van der Waals surface area contributed by atoms with Crippen molar-refractivity contribution in [3.05, 3.63) is 22.8 Å². The summed E-state index contributed by atoms with van der Waals surface area (Å²) < 4.78 is 10.7. The van der Waals surface area contributed by atoms with E-state index in [-0.39, 0.29) is 0 Å². The number of ether oxygens (including phenoxy) is 2. The van der Waals surface area contributed by atoms with Gasteiger partial charge in [0.05, 0.1) is 12.8 Å². The van der Waals surface area contributed by atoms with Crippen LogP contribution in [0.2, 0.25) is 0 Å². The Morgan fingerprint density at radius 3 is 2.76 bits per heavy atom. The average Bonchev–Trinajstić information content (AvgIpc) is 2.53. The normalized spacial score (nSPS) is 17.0. The first kappa shape index (κ1) is 15.9. The fourth-order valence-corrected chi connectivity index (χ4v) is 2.50. The molecule has 1 unspecified atom stereocenters. The van der Waals surface area contributed by atoms with Gasteiger partial charge < -0.3 is 14.8 Å². The molecule has 1 aliphatic rings. The molecule has 6 heteroatoms. The predicted molar refractivity (Wildman–Crippen MR) is 78.1 cm³/mol. The van der Waals surface area contributed by atoms with Gasteiger partial charge in [-0.05, 0) is 33.2 Å². The predicted octanol–water partition coefficient (Wildman–Crippen LogP) is 1.57. The van der Waals surface area contributed by atoms with E-state index in [9.17, 15) is 4.79 Å². The van der Waals surface area contributed by atoms with Crippen LogP contribution in [0.25, 0.3) is 0 Å². The third kappa shape index (κ3) is 3.06. The third-order valence-electron chi connectivity index (χ3n) is 3.93. The highest BCUT2D eigenvalue weighted by atomic mass is 16.5. The fourth-order valence-electron chi connectivity index (χ4n) is 2.50. The molecule has 0 aromatic carbocycles. The van der Waals surface area contributed by atoms with Crippen LogP contribution in [-0.2, 0) is 28.0 Å². The Hall–Kier alpha value is -1.53. The Morgan fingerprint density at radius 2 is 2.14 bits per heavy atom. The summed E-state index contributed by atoms with van der Waals surface area (Å²) in [5.74, 6) is 0.140. The quantitative estimate of drug-likeness (QED) is 0.831. The number of nitrogens with one attached hydrogen (secondary N) is 1. The Labute approximate surface area is 125 Å². The molecule has 1 N–H and O–H groups in total. The van der Waals surface area contributed by atoms with Crippen molar-refractivity contribution >= 4 is 5.97 Å². The molecule has 21 heavy (non-hydrogen) atoms. The Kier molecular flexibility index (Phi) is 4.90. The molecule has 0 saturated heterocycles. The highest BCUT2D eigenvalue weighted by Crippen LogP contribution is 2.28. The fraction of sp³-hybridized carbons (Fsp3) is 0.667. The van der Waals surface area contributed by atoms with Crippen LogP contribution in [0.1, 0.15) is 54.8 Å². The van der Waals surface area contributed by atoms with E-state index in [2.05, 4.69) is 15.3 Å². The van der Waals surface area contributed by atoms with Crippen LogP contribution in [0.5, 0.6) is 0 Å². The number of carbonyl (C=O) groups is 1. The molecule has 1 aromatic heterocycles. The molecule has 0 spiro atoms. The van der Waals surface area contributed by atoms with Crippen LogP contribution >= 0.6 is 0 Å². The van der Waals surface area contributed by atoms with Crippen molar-refractivity contribution < 1.29 is 14.3 Å². The molecular formula is C15H23N3O3. The summed E-state index contributed by atoms with van der Waals surface area (Å²) in [5, 5.41) is 3.27. The van der Waals surface area contributed by atoms with Crippen LogP contribution in [0.3, 0.4) is 0 Å². The Balaban J connectivity index is 2.55. The summed E-state index contributed by atoms with van der Waals surface area (Å²) in [5.41, 5.74) is 1.54. The summed E-state index contributed by atoms with van der Waals surface area (Å²) >= 11 is 0. The van der Waals surface area contributed by atoms with Gasteiger partial charge in [-0.3, -0.25) is 0 Å². The summed E-state index contributed by atoms with van der Waals surface area (Å²) in [6.45, 7) is 7.94. The van der Waals surface area contributed by atoms with E-state index in [0.29, 0.717) is 24.7 Å². The zero-order valence-corrected chi connectivity index (χ0v) is 13.2. The lowest BCUT2D eigenvalue weighted by Gasteiger charge is -2.29. The van der Waals surface area contributed by atoms with E-state index in [1.54, 1.807) is 0 Å². The van der Waals surface area contributed by atoms with Crippen molar-refractivity contribution in [3.8, 4) is 0 Å². The van der Waals surface area contributed by atoms with Gasteiger partial charge >= 0.3 is 5.97 Å². The Bertz CT molecular complexity index is 533. The van der Waals surface area contributed by atoms with Crippen LogP contribution < -0.4 is 5.32 Å².